The highest BCUT2D eigenvalue weighted by Crippen LogP contribution is 2.24. The predicted molar refractivity (Wildman–Crippen MR) is 74.9 cm³/mol. The standard InChI is InChI=1S/C13H18ClN3O/c1-9-3-2-6-17(8-9)13(18)16-12-7-10(14)4-5-11(12)15/h4-5,7,9H,2-3,6,8,15H2,1H3,(H,16,18). The number of piperidine rings is 1. The Labute approximate surface area is 112 Å². The van der Waals surface area contributed by atoms with Crippen molar-refractivity contribution < 1.29 is 4.79 Å². The first-order valence-electron chi connectivity index (χ1n) is 6.17. The number of nitrogen functional groups attached to an aromatic ring is 1. The maximum absolute atomic E-state index is 12.1. The van der Waals surface area contributed by atoms with Crippen LogP contribution in [0.4, 0.5) is 16.2 Å². The minimum absolute atomic E-state index is 0.101. The Hall–Kier alpha value is -1.42. The van der Waals surface area contributed by atoms with Crippen LogP contribution in [0, 0.1) is 5.92 Å². The first-order valence-corrected chi connectivity index (χ1v) is 6.55. The Morgan fingerprint density at radius 3 is 3.06 bits per heavy atom. The topological polar surface area (TPSA) is 58.4 Å². The molecule has 1 aromatic rings. The zero-order valence-electron chi connectivity index (χ0n) is 10.4. The molecule has 1 fully saturated rings. The van der Waals surface area contributed by atoms with Crippen LogP contribution in [0.25, 0.3) is 0 Å². The van der Waals surface area contributed by atoms with E-state index in [1.54, 1.807) is 18.2 Å². The third kappa shape index (κ3) is 3.07. The Bertz CT molecular complexity index is 450. The fourth-order valence-corrected chi connectivity index (χ4v) is 2.38. The lowest BCUT2D eigenvalue weighted by Crippen LogP contribution is -2.41. The molecular weight excluding hydrogens is 250 g/mol. The Morgan fingerprint density at radius 2 is 2.33 bits per heavy atom. The van der Waals surface area contributed by atoms with E-state index in [0.717, 1.165) is 19.5 Å². The van der Waals surface area contributed by atoms with Gasteiger partial charge in [-0.1, -0.05) is 18.5 Å². The number of hydrogen-bond donors (Lipinski definition) is 2. The molecule has 2 amide bonds. The van der Waals surface area contributed by atoms with E-state index in [2.05, 4.69) is 12.2 Å². The van der Waals surface area contributed by atoms with Crippen molar-refractivity contribution in [3.05, 3.63) is 23.2 Å². The van der Waals surface area contributed by atoms with Crippen molar-refractivity contribution in [2.75, 3.05) is 24.1 Å². The smallest absolute Gasteiger partial charge is 0.321 e. The second-order valence-corrected chi connectivity index (χ2v) is 5.29. The zero-order valence-corrected chi connectivity index (χ0v) is 11.2. The van der Waals surface area contributed by atoms with Gasteiger partial charge < -0.3 is 16.0 Å². The minimum Gasteiger partial charge on any atom is -0.397 e. The number of rotatable bonds is 1. The Morgan fingerprint density at radius 1 is 1.56 bits per heavy atom. The number of carbonyl (C=O) groups excluding carboxylic acids is 1. The molecule has 98 valence electrons. The summed E-state index contributed by atoms with van der Waals surface area (Å²) in [5.74, 6) is 0.557. The van der Waals surface area contributed by atoms with E-state index in [9.17, 15) is 4.79 Å². The largest absolute Gasteiger partial charge is 0.397 e. The number of likely N-dealkylation sites (tertiary alicyclic amines) is 1. The molecule has 1 atom stereocenters. The SMILES string of the molecule is CC1CCCN(C(=O)Nc2cc(Cl)ccc2N)C1. The number of amides is 2. The molecule has 1 unspecified atom stereocenters. The number of anilines is 2. The molecule has 18 heavy (non-hydrogen) atoms. The Kier molecular flexibility index (Phi) is 3.97. The molecule has 0 aliphatic carbocycles. The summed E-state index contributed by atoms with van der Waals surface area (Å²) in [6, 6.07) is 4.96. The maximum atomic E-state index is 12.1. The van der Waals surface area contributed by atoms with Gasteiger partial charge in [0.2, 0.25) is 0 Å². The summed E-state index contributed by atoms with van der Waals surface area (Å²) in [7, 11) is 0. The summed E-state index contributed by atoms with van der Waals surface area (Å²) < 4.78 is 0. The van der Waals surface area contributed by atoms with Crippen molar-refractivity contribution in [2.45, 2.75) is 19.8 Å². The third-order valence-electron chi connectivity index (χ3n) is 3.20. The summed E-state index contributed by atoms with van der Waals surface area (Å²) in [6.07, 6.45) is 2.24. The van der Waals surface area contributed by atoms with E-state index in [1.807, 2.05) is 4.90 Å². The lowest BCUT2D eigenvalue weighted by molar-refractivity contribution is 0.182. The van der Waals surface area contributed by atoms with Gasteiger partial charge in [-0.25, -0.2) is 4.79 Å². The van der Waals surface area contributed by atoms with E-state index in [4.69, 9.17) is 17.3 Å². The summed E-state index contributed by atoms with van der Waals surface area (Å²) in [5.41, 5.74) is 6.90. The number of nitrogens with one attached hydrogen (secondary N) is 1. The molecule has 0 aromatic heterocycles. The Balaban J connectivity index is 2.04. The predicted octanol–water partition coefficient (Wildman–Crippen LogP) is 3.19. The van der Waals surface area contributed by atoms with Crippen molar-refractivity contribution in [1.29, 1.82) is 0 Å². The second-order valence-electron chi connectivity index (χ2n) is 4.86. The first-order chi connectivity index (χ1) is 8.56. The van der Waals surface area contributed by atoms with Gasteiger partial charge in [0.15, 0.2) is 0 Å². The highest BCUT2D eigenvalue weighted by Gasteiger charge is 2.21. The summed E-state index contributed by atoms with van der Waals surface area (Å²) in [5, 5.41) is 3.38. The van der Waals surface area contributed by atoms with Crippen LogP contribution >= 0.6 is 11.6 Å². The maximum Gasteiger partial charge on any atom is 0.321 e. The average Bonchev–Trinajstić information content (AvgIpc) is 2.34. The van der Waals surface area contributed by atoms with Crippen LogP contribution in [0.15, 0.2) is 18.2 Å². The lowest BCUT2D eigenvalue weighted by atomic mass is 10.0. The second kappa shape index (κ2) is 5.48. The lowest BCUT2D eigenvalue weighted by Gasteiger charge is -2.31. The molecule has 1 heterocycles. The number of halogens is 1. The molecule has 0 radical (unpaired) electrons. The molecular formula is C13H18ClN3O. The van der Waals surface area contributed by atoms with Crippen LogP contribution in [-0.4, -0.2) is 24.0 Å². The van der Waals surface area contributed by atoms with Crippen molar-refractivity contribution in [1.82, 2.24) is 4.90 Å². The van der Waals surface area contributed by atoms with Gasteiger partial charge in [-0.15, -0.1) is 0 Å². The minimum atomic E-state index is -0.101. The summed E-state index contributed by atoms with van der Waals surface area (Å²) in [4.78, 5) is 13.9. The van der Waals surface area contributed by atoms with Gasteiger partial charge in [0.1, 0.15) is 0 Å². The van der Waals surface area contributed by atoms with Crippen molar-refractivity contribution in [2.24, 2.45) is 5.92 Å². The molecule has 4 nitrogen and oxygen atoms in total. The van der Waals surface area contributed by atoms with Crippen LogP contribution in [0.1, 0.15) is 19.8 Å². The van der Waals surface area contributed by atoms with Gasteiger partial charge in [-0.05, 0) is 37.0 Å². The molecule has 1 aliphatic rings. The normalized spacial score (nSPS) is 19.7. The molecule has 3 N–H and O–H groups in total. The number of carbonyl (C=O) groups is 1. The number of nitrogens with zero attached hydrogens (tertiary/aromatic N) is 1. The van der Waals surface area contributed by atoms with Crippen LogP contribution in [0.3, 0.4) is 0 Å². The van der Waals surface area contributed by atoms with E-state index >= 15 is 0 Å². The number of benzene rings is 1. The fraction of sp³-hybridized carbons (Fsp3) is 0.462. The highest BCUT2D eigenvalue weighted by molar-refractivity contribution is 6.31. The van der Waals surface area contributed by atoms with Crippen molar-refractivity contribution in [3.8, 4) is 0 Å². The quantitative estimate of drug-likeness (QED) is 0.768. The average molecular weight is 268 g/mol. The van der Waals surface area contributed by atoms with Gasteiger partial charge in [0, 0.05) is 18.1 Å². The molecule has 0 saturated carbocycles. The van der Waals surface area contributed by atoms with Crippen LogP contribution in [0.5, 0.6) is 0 Å². The number of hydrogen-bond acceptors (Lipinski definition) is 2. The van der Waals surface area contributed by atoms with E-state index in [1.165, 1.54) is 6.42 Å². The number of urea groups is 1. The van der Waals surface area contributed by atoms with Crippen molar-refractivity contribution >= 4 is 29.0 Å². The highest BCUT2D eigenvalue weighted by atomic mass is 35.5. The van der Waals surface area contributed by atoms with Gasteiger partial charge in [0.05, 0.1) is 11.4 Å². The van der Waals surface area contributed by atoms with Gasteiger partial charge >= 0.3 is 6.03 Å². The van der Waals surface area contributed by atoms with E-state index in [0.29, 0.717) is 22.3 Å². The van der Waals surface area contributed by atoms with E-state index in [-0.39, 0.29) is 6.03 Å². The first kappa shape index (κ1) is 13.0. The molecule has 1 aromatic carbocycles. The monoisotopic (exact) mass is 267 g/mol. The molecule has 5 heteroatoms. The van der Waals surface area contributed by atoms with Crippen LogP contribution in [0.2, 0.25) is 5.02 Å². The third-order valence-corrected chi connectivity index (χ3v) is 3.44. The molecule has 2 rings (SSSR count). The molecule has 1 aliphatic heterocycles. The molecule has 0 bridgehead atoms. The molecule has 0 spiro atoms. The fourth-order valence-electron chi connectivity index (χ4n) is 2.20. The van der Waals surface area contributed by atoms with Gasteiger partial charge in [-0.2, -0.15) is 0 Å². The van der Waals surface area contributed by atoms with Crippen LogP contribution < -0.4 is 11.1 Å². The van der Waals surface area contributed by atoms with Gasteiger partial charge in [-0.3, -0.25) is 0 Å². The molecule has 1 saturated heterocycles. The van der Waals surface area contributed by atoms with E-state index < -0.39 is 0 Å². The summed E-state index contributed by atoms with van der Waals surface area (Å²) >= 11 is 5.89. The summed E-state index contributed by atoms with van der Waals surface area (Å²) in [6.45, 7) is 3.76. The number of nitrogens with two attached hydrogens (primary N) is 1. The van der Waals surface area contributed by atoms with Crippen LogP contribution in [-0.2, 0) is 0 Å². The van der Waals surface area contributed by atoms with Gasteiger partial charge in [0.25, 0.3) is 0 Å². The van der Waals surface area contributed by atoms with Crippen molar-refractivity contribution in [3.63, 3.8) is 0 Å². The zero-order chi connectivity index (χ0) is 13.1.